The van der Waals surface area contributed by atoms with Crippen LogP contribution in [0.4, 0.5) is 0 Å². The van der Waals surface area contributed by atoms with Gasteiger partial charge in [0.25, 0.3) is 0 Å². The molecule has 0 aliphatic heterocycles. The quantitative estimate of drug-likeness (QED) is 0.473. The number of amides is 1. The third kappa shape index (κ3) is 7.14. The van der Waals surface area contributed by atoms with Crippen molar-refractivity contribution in [3.8, 4) is 12.3 Å². The molecule has 0 aromatic carbocycles. The molecule has 0 unspecified atom stereocenters. The lowest BCUT2D eigenvalue weighted by atomic mass is 10.2. The molecule has 0 heterocycles. The molecule has 0 fully saturated rings. The Morgan fingerprint density at radius 1 is 1.50 bits per heavy atom. The highest BCUT2D eigenvalue weighted by atomic mass is 16.1. The van der Waals surface area contributed by atoms with E-state index < -0.39 is 0 Å². The maximum atomic E-state index is 10.9. The van der Waals surface area contributed by atoms with E-state index in [2.05, 4.69) is 11.2 Å². The summed E-state index contributed by atoms with van der Waals surface area (Å²) >= 11 is 0. The van der Waals surface area contributed by atoms with Gasteiger partial charge >= 0.3 is 0 Å². The Balaban J connectivity index is 3.09. The van der Waals surface area contributed by atoms with Crippen molar-refractivity contribution < 1.29 is 4.79 Å². The van der Waals surface area contributed by atoms with Crippen LogP contribution in [0.1, 0.15) is 39.0 Å². The lowest BCUT2D eigenvalue weighted by molar-refractivity contribution is -0.121. The zero-order chi connectivity index (χ0) is 9.23. The molecule has 0 atom stereocenters. The highest BCUT2D eigenvalue weighted by Gasteiger charge is 1.96. The summed E-state index contributed by atoms with van der Waals surface area (Å²) in [4.78, 5) is 10.9. The minimum Gasteiger partial charge on any atom is -0.356 e. The number of rotatable bonds is 6. The van der Waals surface area contributed by atoms with Gasteiger partial charge < -0.3 is 5.32 Å². The minimum absolute atomic E-state index is 0.151. The molecule has 0 aliphatic rings. The van der Waals surface area contributed by atoms with Gasteiger partial charge in [0.2, 0.25) is 5.91 Å². The molecule has 68 valence electrons. The zero-order valence-corrected chi connectivity index (χ0v) is 7.73. The van der Waals surface area contributed by atoms with Gasteiger partial charge in [0, 0.05) is 19.4 Å². The van der Waals surface area contributed by atoms with Crippen molar-refractivity contribution in [2.24, 2.45) is 0 Å². The second kappa shape index (κ2) is 8.13. The molecule has 1 N–H and O–H groups in total. The molecular formula is C10H17NO. The van der Waals surface area contributed by atoms with E-state index in [1.165, 1.54) is 0 Å². The Hall–Kier alpha value is -0.970. The van der Waals surface area contributed by atoms with Gasteiger partial charge in [0.05, 0.1) is 0 Å². The molecular weight excluding hydrogens is 150 g/mol. The third-order valence-corrected chi connectivity index (χ3v) is 1.55. The summed E-state index contributed by atoms with van der Waals surface area (Å²) in [6, 6.07) is 0. The Morgan fingerprint density at radius 3 is 2.83 bits per heavy atom. The number of hydrogen-bond acceptors (Lipinski definition) is 1. The van der Waals surface area contributed by atoms with Crippen molar-refractivity contribution >= 4 is 5.91 Å². The van der Waals surface area contributed by atoms with Gasteiger partial charge in [-0.1, -0.05) is 6.92 Å². The highest BCUT2D eigenvalue weighted by molar-refractivity contribution is 5.75. The van der Waals surface area contributed by atoms with Crippen LogP contribution in [0, 0.1) is 12.3 Å². The van der Waals surface area contributed by atoms with Crippen LogP contribution >= 0.6 is 0 Å². The van der Waals surface area contributed by atoms with E-state index in [-0.39, 0.29) is 5.91 Å². The SMILES string of the molecule is C#CCCCCNC(=O)CCC. The van der Waals surface area contributed by atoms with Gasteiger partial charge in [0.15, 0.2) is 0 Å². The maximum absolute atomic E-state index is 10.9. The third-order valence-electron chi connectivity index (χ3n) is 1.55. The van der Waals surface area contributed by atoms with E-state index in [1.54, 1.807) is 0 Å². The van der Waals surface area contributed by atoms with E-state index in [0.717, 1.165) is 32.2 Å². The second-order valence-electron chi connectivity index (χ2n) is 2.76. The number of unbranched alkanes of at least 4 members (excludes halogenated alkanes) is 2. The van der Waals surface area contributed by atoms with E-state index in [9.17, 15) is 4.79 Å². The number of terminal acetylenes is 1. The van der Waals surface area contributed by atoms with Crippen molar-refractivity contribution in [3.63, 3.8) is 0 Å². The summed E-state index contributed by atoms with van der Waals surface area (Å²) < 4.78 is 0. The fourth-order valence-electron chi connectivity index (χ4n) is 0.895. The molecule has 12 heavy (non-hydrogen) atoms. The van der Waals surface area contributed by atoms with Crippen LogP contribution < -0.4 is 5.32 Å². The number of carbonyl (C=O) groups excluding carboxylic acids is 1. The summed E-state index contributed by atoms with van der Waals surface area (Å²) in [5, 5.41) is 2.83. The van der Waals surface area contributed by atoms with E-state index in [4.69, 9.17) is 6.42 Å². The Kier molecular flexibility index (Phi) is 7.47. The van der Waals surface area contributed by atoms with Gasteiger partial charge in [-0.2, -0.15) is 0 Å². The molecule has 2 heteroatoms. The van der Waals surface area contributed by atoms with E-state index in [1.807, 2.05) is 6.92 Å². The first-order chi connectivity index (χ1) is 5.81. The molecule has 0 rings (SSSR count). The standard InChI is InChI=1S/C10H17NO/c1-3-5-6-7-9-11-10(12)8-4-2/h1H,4-9H2,2H3,(H,11,12). The molecule has 0 aromatic heterocycles. The molecule has 0 saturated heterocycles. The lowest BCUT2D eigenvalue weighted by Crippen LogP contribution is -2.23. The van der Waals surface area contributed by atoms with E-state index >= 15 is 0 Å². The minimum atomic E-state index is 0.151. The summed E-state index contributed by atoms with van der Waals surface area (Å²) in [7, 11) is 0. The Morgan fingerprint density at radius 2 is 2.25 bits per heavy atom. The summed E-state index contributed by atoms with van der Waals surface area (Å²) in [6.45, 7) is 2.76. The van der Waals surface area contributed by atoms with Crippen LogP contribution in [0.3, 0.4) is 0 Å². The average Bonchev–Trinajstić information content (AvgIpc) is 2.05. The largest absolute Gasteiger partial charge is 0.356 e. The van der Waals surface area contributed by atoms with E-state index in [0.29, 0.717) is 6.42 Å². The normalized spacial score (nSPS) is 9.00. The molecule has 0 saturated carbocycles. The molecule has 1 amide bonds. The molecule has 0 radical (unpaired) electrons. The van der Waals surface area contributed by atoms with Crippen LogP contribution in [0.15, 0.2) is 0 Å². The summed E-state index contributed by atoms with van der Waals surface area (Å²) in [5.74, 6) is 2.72. The van der Waals surface area contributed by atoms with Crippen molar-refractivity contribution in [1.29, 1.82) is 0 Å². The number of nitrogens with one attached hydrogen (secondary N) is 1. The summed E-state index contributed by atoms with van der Waals surface area (Å²) in [5.41, 5.74) is 0. The smallest absolute Gasteiger partial charge is 0.219 e. The van der Waals surface area contributed by atoms with Crippen LogP contribution in [0.25, 0.3) is 0 Å². The Labute approximate surface area is 74.7 Å². The lowest BCUT2D eigenvalue weighted by Gasteiger charge is -2.01. The van der Waals surface area contributed by atoms with Crippen LogP contribution in [0.5, 0.6) is 0 Å². The fourth-order valence-corrected chi connectivity index (χ4v) is 0.895. The molecule has 0 bridgehead atoms. The maximum Gasteiger partial charge on any atom is 0.219 e. The van der Waals surface area contributed by atoms with Crippen LogP contribution in [-0.4, -0.2) is 12.5 Å². The van der Waals surface area contributed by atoms with Crippen molar-refractivity contribution in [3.05, 3.63) is 0 Å². The monoisotopic (exact) mass is 167 g/mol. The van der Waals surface area contributed by atoms with Crippen molar-refractivity contribution in [2.45, 2.75) is 39.0 Å². The number of carbonyl (C=O) groups is 1. The van der Waals surface area contributed by atoms with Gasteiger partial charge in [-0.15, -0.1) is 12.3 Å². The van der Waals surface area contributed by atoms with Crippen molar-refractivity contribution in [2.75, 3.05) is 6.54 Å². The molecule has 0 aromatic rings. The van der Waals surface area contributed by atoms with Crippen LogP contribution in [-0.2, 0) is 4.79 Å². The Bertz CT molecular complexity index is 158. The topological polar surface area (TPSA) is 29.1 Å². The van der Waals surface area contributed by atoms with Gasteiger partial charge in [0.1, 0.15) is 0 Å². The first-order valence-electron chi connectivity index (χ1n) is 4.51. The van der Waals surface area contributed by atoms with Gasteiger partial charge in [-0.05, 0) is 19.3 Å². The van der Waals surface area contributed by atoms with Gasteiger partial charge in [-0.3, -0.25) is 4.79 Å². The van der Waals surface area contributed by atoms with Gasteiger partial charge in [-0.25, -0.2) is 0 Å². The predicted octanol–water partition coefficient (Wildman–Crippen LogP) is 1.71. The number of hydrogen-bond donors (Lipinski definition) is 1. The highest BCUT2D eigenvalue weighted by Crippen LogP contribution is 1.92. The first kappa shape index (κ1) is 11.0. The molecule has 0 aliphatic carbocycles. The van der Waals surface area contributed by atoms with Crippen LogP contribution in [0.2, 0.25) is 0 Å². The zero-order valence-electron chi connectivity index (χ0n) is 7.73. The predicted molar refractivity (Wildman–Crippen MR) is 50.6 cm³/mol. The first-order valence-corrected chi connectivity index (χ1v) is 4.51. The molecule has 0 spiro atoms. The second-order valence-corrected chi connectivity index (χ2v) is 2.76. The fraction of sp³-hybridized carbons (Fsp3) is 0.700. The average molecular weight is 167 g/mol. The molecule has 2 nitrogen and oxygen atoms in total. The van der Waals surface area contributed by atoms with Crippen molar-refractivity contribution in [1.82, 2.24) is 5.32 Å². The summed E-state index contributed by atoms with van der Waals surface area (Å²) in [6.07, 6.45) is 9.43.